The minimum absolute atomic E-state index is 0.648. The molecule has 0 fully saturated rings. The molecule has 8 rings (SSSR count). The van der Waals surface area contributed by atoms with E-state index in [1.165, 1.54) is 37.4 Å². The van der Waals surface area contributed by atoms with Crippen molar-refractivity contribution in [3.8, 4) is 16.8 Å². The van der Waals surface area contributed by atoms with Gasteiger partial charge < -0.3 is 4.57 Å². The second kappa shape index (κ2) is 11.5. The van der Waals surface area contributed by atoms with Gasteiger partial charge in [-0.2, -0.15) is 0 Å². The fourth-order valence-corrected chi connectivity index (χ4v) is 12.2. The lowest BCUT2D eigenvalue weighted by Crippen LogP contribution is -2.75. The van der Waals surface area contributed by atoms with Crippen molar-refractivity contribution in [2.24, 2.45) is 0 Å². The summed E-state index contributed by atoms with van der Waals surface area (Å²) in [5.41, 5.74) is 6.46. The van der Waals surface area contributed by atoms with Gasteiger partial charge in [-0.15, -0.1) is 0 Å². The number of hydrogen-bond acceptors (Lipinski definition) is 0. The number of hydrogen-bond donors (Lipinski definition) is 0. The van der Waals surface area contributed by atoms with E-state index in [0.29, 0.717) is 5.69 Å². The van der Waals surface area contributed by atoms with E-state index in [1.807, 2.05) is 6.07 Å². The van der Waals surface area contributed by atoms with Gasteiger partial charge in [0.05, 0.1) is 17.6 Å². The highest BCUT2D eigenvalue weighted by molar-refractivity contribution is 7.20. The quantitative estimate of drug-likeness (QED) is 0.103. The van der Waals surface area contributed by atoms with Crippen molar-refractivity contribution in [1.29, 1.82) is 0 Å². The van der Waals surface area contributed by atoms with Crippen LogP contribution in [0.1, 0.15) is 0 Å². The second-order valence-electron chi connectivity index (χ2n) is 11.6. The van der Waals surface area contributed by atoms with Crippen molar-refractivity contribution in [2.75, 3.05) is 0 Å². The highest BCUT2D eigenvalue weighted by Crippen LogP contribution is 2.35. The molecule has 0 spiro atoms. The van der Waals surface area contributed by atoms with E-state index < -0.39 is 8.07 Å². The normalized spacial score (nSPS) is 11.5. The number of benzene rings is 7. The third-order valence-corrected chi connectivity index (χ3v) is 13.9. The molecule has 8 aromatic rings. The van der Waals surface area contributed by atoms with Gasteiger partial charge in [-0.3, -0.25) is 0 Å². The van der Waals surface area contributed by atoms with Crippen LogP contribution in [0.4, 0.5) is 5.69 Å². The third-order valence-electron chi connectivity index (χ3n) is 9.13. The van der Waals surface area contributed by atoms with Crippen LogP contribution in [0.3, 0.4) is 0 Å². The molecule has 1 aromatic heterocycles. The van der Waals surface area contributed by atoms with E-state index >= 15 is 0 Å². The van der Waals surface area contributed by atoms with Crippen molar-refractivity contribution in [2.45, 2.75) is 0 Å². The lowest BCUT2D eigenvalue weighted by Gasteiger charge is -2.35. The molecule has 0 aliphatic heterocycles. The van der Waals surface area contributed by atoms with Crippen molar-refractivity contribution in [3.05, 3.63) is 193 Å². The number of nitrogens with zero attached hydrogens (tertiary/aromatic N) is 2. The zero-order valence-electron chi connectivity index (χ0n) is 25.2. The lowest BCUT2D eigenvalue weighted by molar-refractivity contribution is 1.18. The molecule has 0 radical (unpaired) electrons. The second-order valence-corrected chi connectivity index (χ2v) is 15.4. The molecule has 2 nitrogen and oxygen atoms in total. The minimum Gasteiger partial charge on any atom is -0.309 e. The van der Waals surface area contributed by atoms with Crippen LogP contribution in [0, 0.1) is 6.57 Å². The molecule has 0 amide bonds. The van der Waals surface area contributed by atoms with Gasteiger partial charge in [-0.1, -0.05) is 158 Å². The van der Waals surface area contributed by atoms with Crippen LogP contribution in [0.25, 0.3) is 43.5 Å². The molecule has 1 heterocycles. The summed E-state index contributed by atoms with van der Waals surface area (Å²) < 4.78 is 2.42. The van der Waals surface area contributed by atoms with E-state index in [2.05, 4.69) is 185 Å². The van der Waals surface area contributed by atoms with E-state index in [1.54, 1.807) is 0 Å². The molecule has 0 bridgehead atoms. The molecule has 0 aliphatic carbocycles. The monoisotopic (exact) mass is 602 g/mol. The zero-order chi connectivity index (χ0) is 30.9. The Morgan fingerprint density at radius 1 is 0.457 bits per heavy atom. The molecule has 0 saturated heterocycles. The Hall–Kier alpha value is -5.95. The topological polar surface area (TPSA) is 9.29 Å². The molecule has 216 valence electrons. The zero-order valence-corrected chi connectivity index (χ0v) is 26.2. The van der Waals surface area contributed by atoms with Crippen LogP contribution >= 0.6 is 0 Å². The molecule has 46 heavy (non-hydrogen) atoms. The van der Waals surface area contributed by atoms with Crippen molar-refractivity contribution in [3.63, 3.8) is 0 Å². The van der Waals surface area contributed by atoms with E-state index in [0.717, 1.165) is 22.0 Å². The SMILES string of the molecule is [C-]#[N+]c1ccc2c(c1)c1cccc([Si](c3ccccc3)(c3ccccc3)c3cccc(-c4ccccc4)c3)c1n2-c1ccccc1. The summed E-state index contributed by atoms with van der Waals surface area (Å²) >= 11 is 0. The van der Waals surface area contributed by atoms with Crippen LogP contribution in [0.15, 0.2) is 182 Å². The molecular formula is C43H30N2Si. The number of aromatic nitrogens is 1. The summed E-state index contributed by atoms with van der Waals surface area (Å²) in [6, 6.07) is 65.6. The van der Waals surface area contributed by atoms with Gasteiger partial charge in [0.1, 0.15) is 0 Å². The predicted octanol–water partition coefficient (Wildman–Crippen LogP) is 8.38. The summed E-state index contributed by atoms with van der Waals surface area (Å²) in [5, 5.41) is 7.54. The van der Waals surface area contributed by atoms with Crippen molar-refractivity contribution >= 4 is 56.3 Å². The Morgan fingerprint density at radius 3 is 1.67 bits per heavy atom. The van der Waals surface area contributed by atoms with Crippen LogP contribution in [0.2, 0.25) is 0 Å². The first-order valence-corrected chi connectivity index (χ1v) is 17.6. The van der Waals surface area contributed by atoms with Gasteiger partial charge in [-0.05, 0) is 61.5 Å². The summed E-state index contributed by atoms with van der Waals surface area (Å²) in [5.74, 6) is 0. The largest absolute Gasteiger partial charge is 0.309 e. The minimum atomic E-state index is -2.96. The van der Waals surface area contributed by atoms with Gasteiger partial charge in [-0.25, -0.2) is 4.85 Å². The average Bonchev–Trinajstić information content (AvgIpc) is 3.48. The van der Waals surface area contributed by atoms with Gasteiger partial charge in [0.15, 0.2) is 13.8 Å². The molecule has 3 heteroatoms. The van der Waals surface area contributed by atoms with E-state index in [-0.39, 0.29) is 0 Å². The van der Waals surface area contributed by atoms with E-state index in [9.17, 15) is 0 Å². The first-order chi connectivity index (χ1) is 22.8. The number of fused-ring (bicyclic) bond motifs is 3. The van der Waals surface area contributed by atoms with Gasteiger partial charge >= 0.3 is 0 Å². The molecule has 0 atom stereocenters. The maximum atomic E-state index is 7.79. The Kier molecular flexibility index (Phi) is 6.91. The molecule has 0 aliphatic rings. The molecule has 7 aromatic carbocycles. The third kappa shape index (κ3) is 4.39. The van der Waals surface area contributed by atoms with Crippen molar-refractivity contribution in [1.82, 2.24) is 4.57 Å². The number of para-hydroxylation sites is 2. The first-order valence-electron chi connectivity index (χ1n) is 15.6. The average molecular weight is 603 g/mol. The van der Waals surface area contributed by atoms with Gasteiger partial charge in [0.2, 0.25) is 0 Å². The van der Waals surface area contributed by atoms with Crippen LogP contribution in [0.5, 0.6) is 0 Å². The summed E-state index contributed by atoms with van der Waals surface area (Å²) in [6.45, 7) is 7.79. The predicted molar refractivity (Wildman–Crippen MR) is 196 cm³/mol. The number of rotatable bonds is 6. The summed E-state index contributed by atoms with van der Waals surface area (Å²) in [4.78, 5) is 3.81. The Labute approximate surface area is 270 Å². The highest BCUT2D eigenvalue weighted by atomic mass is 28.3. The lowest BCUT2D eigenvalue weighted by atomic mass is 10.1. The standard InChI is InChI=1S/C43H30N2Si/c1-44-34-28-29-41-40(31-34)39-26-15-27-42(43(39)45(41)35-19-8-3-9-20-35)46(36-21-10-4-11-22-36,37-23-12-5-13-24-37)38-25-14-18-33(30-38)32-16-6-2-7-17-32/h2-31H. The fourth-order valence-electron chi connectivity index (χ4n) is 7.18. The molecule has 0 unspecified atom stereocenters. The Bertz CT molecular complexity index is 2310. The van der Waals surface area contributed by atoms with Crippen LogP contribution in [-0.4, -0.2) is 12.6 Å². The van der Waals surface area contributed by atoms with Crippen LogP contribution in [-0.2, 0) is 0 Å². The van der Waals surface area contributed by atoms with Crippen molar-refractivity contribution < 1.29 is 0 Å². The highest BCUT2D eigenvalue weighted by Gasteiger charge is 2.43. The van der Waals surface area contributed by atoms with Crippen LogP contribution < -0.4 is 20.7 Å². The maximum Gasteiger partial charge on any atom is 0.188 e. The smallest absolute Gasteiger partial charge is 0.188 e. The summed E-state index contributed by atoms with van der Waals surface area (Å²) in [6.07, 6.45) is 0. The summed E-state index contributed by atoms with van der Waals surface area (Å²) in [7, 11) is -2.96. The maximum absolute atomic E-state index is 7.79. The fraction of sp³-hybridized carbons (Fsp3) is 0. The van der Waals surface area contributed by atoms with E-state index in [4.69, 9.17) is 6.57 Å². The first kappa shape index (κ1) is 27.6. The Balaban J connectivity index is 1.58. The van der Waals surface area contributed by atoms with Gasteiger partial charge in [0, 0.05) is 11.1 Å². The molecule has 0 saturated carbocycles. The molecule has 0 N–H and O–H groups in total. The Morgan fingerprint density at radius 2 is 1.02 bits per heavy atom. The molecular weight excluding hydrogens is 573 g/mol. The van der Waals surface area contributed by atoms with Gasteiger partial charge in [0.25, 0.3) is 0 Å².